The first kappa shape index (κ1) is 14.9. The maximum Gasteiger partial charge on any atom is 0.238 e. The molecule has 2 rings (SSSR count). The van der Waals surface area contributed by atoms with Gasteiger partial charge in [-0.15, -0.1) is 0 Å². The molecule has 2 atom stereocenters. The Labute approximate surface area is 118 Å². The maximum absolute atomic E-state index is 13.4. The third-order valence-electron chi connectivity index (χ3n) is 3.52. The highest BCUT2D eigenvalue weighted by Crippen LogP contribution is 2.21. The summed E-state index contributed by atoms with van der Waals surface area (Å²) in [4.78, 5) is 14.0. The zero-order valence-corrected chi connectivity index (χ0v) is 11.8. The van der Waals surface area contributed by atoms with Gasteiger partial charge in [-0.25, -0.2) is 8.78 Å². The van der Waals surface area contributed by atoms with Crippen molar-refractivity contribution in [1.29, 1.82) is 0 Å². The standard InChI is InChI=1S/C15H20F2N2O/c1-10-5-11(2)8-19(7-10)9-15(20)18-14-4-3-12(16)6-13(14)17/h3-4,6,10-11H,5,7-9H2,1-2H3,(H,18,20)/t10-,11-/m1/s1. The fourth-order valence-corrected chi connectivity index (χ4v) is 2.90. The number of hydrogen-bond acceptors (Lipinski definition) is 2. The molecule has 1 amide bonds. The molecule has 1 aliphatic heterocycles. The fourth-order valence-electron chi connectivity index (χ4n) is 2.90. The number of nitrogens with one attached hydrogen (secondary N) is 1. The number of nitrogens with zero attached hydrogens (tertiary/aromatic N) is 1. The highest BCUT2D eigenvalue weighted by atomic mass is 19.1. The highest BCUT2D eigenvalue weighted by molar-refractivity contribution is 5.92. The molecule has 0 saturated carbocycles. The zero-order valence-electron chi connectivity index (χ0n) is 11.8. The van der Waals surface area contributed by atoms with Gasteiger partial charge in [-0.2, -0.15) is 0 Å². The molecule has 0 unspecified atom stereocenters. The van der Waals surface area contributed by atoms with Crippen molar-refractivity contribution in [1.82, 2.24) is 4.90 Å². The van der Waals surface area contributed by atoms with E-state index in [0.717, 1.165) is 25.2 Å². The molecule has 5 heteroatoms. The van der Waals surface area contributed by atoms with Crippen molar-refractivity contribution in [3.05, 3.63) is 29.8 Å². The SMILES string of the molecule is C[C@@H]1C[C@@H](C)CN(CC(=O)Nc2ccc(F)cc2F)C1. The van der Waals surface area contributed by atoms with Gasteiger partial charge in [-0.3, -0.25) is 9.69 Å². The van der Waals surface area contributed by atoms with E-state index in [0.29, 0.717) is 11.8 Å². The smallest absolute Gasteiger partial charge is 0.238 e. The van der Waals surface area contributed by atoms with Gasteiger partial charge in [0.2, 0.25) is 5.91 Å². The van der Waals surface area contributed by atoms with Gasteiger partial charge in [0.1, 0.15) is 11.6 Å². The van der Waals surface area contributed by atoms with E-state index in [9.17, 15) is 13.6 Å². The lowest BCUT2D eigenvalue weighted by molar-refractivity contribution is -0.117. The molecule has 1 aromatic rings. The summed E-state index contributed by atoms with van der Waals surface area (Å²) in [7, 11) is 0. The Morgan fingerprint density at radius 2 is 1.95 bits per heavy atom. The van der Waals surface area contributed by atoms with Crippen LogP contribution in [0.4, 0.5) is 14.5 Å². The van der Waals surface area contributed by atoms with E-state index in [1.807, 2.05) is 0 Å². The maximum atomic E-state index is 13.4. The Kier molecular flexibility index (Phi) is 4.70. The van der Waals surface area contributed by atoms with Crippen LogP contribution in [0.3, 0.4) is 0 Å². The van der Waals surface area contributed by atoms with E-state index < -0.39 is 11.6 Å². The first-order chi connectivity index (χ1) is 9.44. The van der Waals surface area contributed by atoms with E-state index in [1.54, 1.807) is 0 Å². The van der Waals surface area contributed by atoms with Gasteiger partial charge in [0, 0.05) is 19.2 Å². The number of hydrogen-bond donors (Lipinski definition) is 1. The van der Waals surface area contributed by atoms with Crippen molar-refractivity contribution in [2.45, 2.75) is 20.3 Å². The predicted octanol–water partition coefficient (Wildman–Crippen LogP) is 2.88. The van der Waals surface area contributed by atoms with Gasteiger partial charge in [0.15, 0.2) is 0 Å². The van der Waals surface area contributed by atoms with Crippen LogP contribution in [0.2, 0.25) is 0 Å². The summed E-state index contributed by atoms with van der Waals surface area (Å²) in [6.45, 7) is 6.33. The topological polar surface area (TPSA) is 32.3 Å². The van der Waals surface area contributed by atoms with E-state index >= 15 is 0 Å². The van der Waals surface area contributed by atoms with E-state index in [1.165, 1.54) is 12.5 Å². The van der Waals surface area contributed by atoms with Crippen LogP contribution in [0.25, 0.3) is 0 Å². The van der Waals surface area contributed by atoms with E-state index in [2.05, 4.69) is 24.1 Å². The van der Waals surface area contributed by atoms with Gasteiger partial charge in [0.05, 0.1) is 12.2 Å². The van der Waals surface area contributed by atoms with Crippen LogP contribution in [0.1, 0.15) is 20.3 Å². The number of benzene rings is 1. The van der Waals surface area contributed by atoms with Crippen molar-refractivity contribution in [3.63, 3.8) is 0 Å². The molecule has 0 spiro atoms. The van der Waals surface area contributed by atoms with Crippen LogP contribution >= 0.6 is 0 Å². The molecule has 20 heavy (non-hydrogen) atoms. The molecule has 1 fully saturated rings. The van der Waals surface area contributed by atoms with Crippen molar-refractivity contribution in [2.24, 2.45) is 11.8 Å². The van der Waals surface area contributed by atoms with Crippen LogP contribution < -0.4 is 5.32 Å². The lowest BCUT2D eigenvalue weighted by atomic mass is 9.92. The number of likely N-dealkylation sites (tertiary alicyclic amines) is 1. The summed E-state index contributed by atoms with van der Waals surface area (Å²) in [5, 5.41) is 2.49. The first-order valence-corrected chi connectivity index (χ1v) is 6.91. The minimum absolute atomic E-state index is 0.0227. The second-order valence-electron chi connectivity index (χ2n) is 5.81. The summed E-state index contributed by atoms with van der Waals surface area (Å²) in [5.74, 6) is -0.544. The summed E-state index contributed by atoms with van der Waals surface area (Å²) in [6.07, 6.45) is 1.17. The first-order valence-electron chi connectivity index (χ1n) is 6.91. The van der Waals surface area contributed by atoms with E-state index in [-0.39, 0.29) is 18.1 Å². The van der Waals surface area contributed by atoms with Crippen LogP contribution in [0.15, 0.2) is 18.2 Å². The Morgan fingerprint density at radius 1 is 1.30 bits per heavy atom. The number of piperidine rings is 1. The van der Waals surface area contributed by atoms with Gasteiger partial charge in [0.25, 0.3) is 0 Å². The van der Waals surface area contributed by atoms with E-state index in [4.69, 9.17) is 0 Å². The number of amides is 1. The molecule has 1 aromatic carbocycles. The third kappa shape index (κ3) is 4.00. The summed E-state index contributed by atoms with van der Waals surface area (Å²) >= 11 is 0. The highest BCUT2D eigenvalue weighted by Gasteiger charge is 2.23. The quantitative estimate of drug-likeness (QED) is 0.924. The molecule has 0 bridgehead atoms. The number of anilines is 1. The number of rotatable bonds is 3. The second-order valence-corrected chi connectivity index (χ2v) is 5.81. The summed E-state index contributed by atoms with van der Waals surface area (Å²) in [6, 6.07) is 3.13. The Morgan fingerprint density at radius 3 is 2.55 bits per heavy atom. The van der Waals surface area contributed by atoms with Gasteiger partial charge >= 0.3 is 0 Å². The Hall–Kier alpha value is -1.49. The van der Waals surface area contributed by atoms with Gasteiger partial charge < -0.3 is 5.32 Å². The lowest BCUT2D eigenvalue weighted by Crippen LogP contribution is -2.42. The number of carbonyl (C=O) groups is 1. The zero-order chi connectivity index (χ0) is 14.7. The summed E-state index contributed by atoms with van der Waals surface area (Å²) < 4.78 is 26.2. The van der Waals surface area contributed by atoms with Crippen molar-refractivity contribution in [3.8, 4) is 0 Å². The number of halogens is 2. The average Bonchev–Trinajstić information content (AvgIpc) is 2.31. The van der Waals surface area contributed by atoms with Crippen molar-refractivity contribution >= 4 is 11.6 Å². The molecule has 1 saturated heterocycles. The molecule has 110 valence electrons. The third-order valence-corrected chi connectivity index (χ3v) is 3.52. The minimum Gasteiger partial charge on any atom is -0.322 e. The van der Waals surface area contributed by atoms with Gasteiger partial charge in [-0.05, 0) is 30.4 Å². The fraction of sp³-hybridized carbons (Fsp3) is 0.533. The molecular weight excluding hydrogens is 262 g/mol. The van der Waals surface area contributed by atoms with Crippen LogP contribution in [0.5, 0.6) is 0 Å². The van der Waals surface area contributed by atoms with Gasteiger partial charge in [-0.1, -0.05) is 13.8 Å². The Bertz CT molecular complexity index is 483. The number of carbonyl (C=O) groups excluding carboxylic acids is 1. The van der Waals surface area contributed by atoms with Crippen LogP contribution in [0, 0.1) is 23.5 Å². The van der Waals surface area contributed by atoms with Crippen LogP contribution in [-0.4, -0.2) is 30.4 Å². The predicted molar refractivity (Wildman–Crippen MR) is 74.4 cm³/mol. The molecule has 1 heterocycles. The lowest BCUT2D eigenvalue weighted by Gasteiger charge is -2.34. The van der Waals surface area contributed by atoms with Crippen molar-refractivity contribution in [2.75, 3.05) is 25.0 Å². The monoisotopic (exact) mass is 282 g/mol. The molecular formula is C15H20F2N2O. The normalized spacial score (nSPS) is 23.6. The minimum atomic E-state index is -0.751. The molecule has 1 aliphatic rings. The molecule has 0 aromatic heterocycles. The Balaban J connectivity index is 1.92. The van der Waals surface area contributed by atoms with Crippen molar-refractivity contribution < 1.29 is 13.6 Å². The molecule has 3 nitrogen and oxygen atoms in total. The molecule has 0 radical (unpaired) electrons. The largest absolute Gasteiger partial charge is 0.322 e. The molecule has 0 aliphatic carbocycles. The molecule has 1 N–H and O–H groups in total. The van der Waals surface area contributed by atoms with Crippen LogP contribution in [-0.2, 0) is 4.79 Å². The average molecular weight is 282 g/mol. The summed E-state index contributed by atoms with van der Waals surface area (Å²) in [5.41, 5.74) is 0.0227. The second kappa shape index (κ2) is 6.31.